The Kier molecular flexibility index (Phi) is 5.23. The third kappa shape index (κ3) is 4.22. The first kappa shape index (κ1) is 14.4. The van der Waals surface area contributed by atoms with Crippen molar-refractivity contribution in [3.05, 3.63) is 29.8 Å². The van der Waals surface area contributed by atoms with Crippen LogP contribution in [-0.2, 0) is 6.42 Å². The summed E-state index contributed by atoms with van der Waals surface area (Å²) in [5, 5.41) is 3.53. The Labute approximate surface area is 117 Å². The number of para-hydroxylation sites is 1. The number of anilines is 1. The lowest BCUT2D eigenvalue weighted by molar-refractivity contribution is 0.400. The summed E-state index contributed by atoms with van der Waals surface area (Å²) >= 11 is 0. The highest BCUT2D eigenvalue weighted by atomic mass is 15.2. The van der Waals surface area contributed by atoms with Gasteiger partial charge in [0.2, 0.25) is 0 Å². The average molecular weight is 261 g/mol. The van der Waals surface area contributed by atoms with E-state index in [1.807, 2.05) is 0 Å². The van der Waals surface area contributed by atoms with E-state index in [0.29, 0.717) is 0 Å². The Morgan fingerprint density at radius 1 is 1.26 bits per heavy atom. The summed E-state index contributed by atoms with van der Waals surface area (Å²) in [4.78, 5) is 4.75. The molecule has 1 aromatic carbocycles. The summed E-state index contributed by atoms with van der Waals surface area (Å²) in [7, 11) is 4.23. The van der Waals surface area contributed by atoms with E-state index < -0.39 is 0 Å². The van der Waals surface area contributed by atoms with Crippen LogP contribution >= 0.6 is 0 Å². The number of rotatable bonds is 6. The standard InChI is InChI=1S/C16H27N3/c1-14-12-15-6-4-5-7-16(15)19(13-14)11-9-17-8-10-18(2)3/h4-7,14,17H,8-13H2,1-3H3. The van der Waals surface area contributed by atoms with Crippen molar-refractivity contribution in [3.8, 4) is 0 Å². The monoisotopic (exact) mass is 261 g/mol. The molecular formula is C16H27N3. The molecule has 0 fully saturated rings. The molecule has 1 unspecified atom stereocenters. The first-order valence-corrected chi connectivity index (χ1v) is 7.35. The SMILES string of the molecule is CC1Cc2ccccc2N(CCNCCN(C)C)C1. The summed E-state index contributed by atoms with van der Waals surface area (Å²) in [6, 6.07) is 8.85. The zero-order valence-corrected chi connectivity index (χ0v) is 12.5. The lowest BCUT2D eigenvalue weighted by atomic mass is 9.94. The Morgan fingerprint density at radius 2 is 2.05 bits per heavy atom. The molecule has 0 saturated heterocycles. The molecule has 1 aliphatic rings. The Bertz CT molecular complexity index is 389. The van der Waals surface area contributed by atoms with Crippen LogP contribution in [0.3, 0.4) is 0 Å². The van der Waals surface area contributed by atoms with E-state index in [0.717, 1.165) is 32.1 Å². The van der Waals surface area contributed by atoms with E-state index >= 15 is 0 Å². The fraction of sp³-hybridized carbons (Fsp3) is 0.625. The van der Waals surface area contributed by atoms with Gasteiger partial charge >= 0.3 is 0 Å². The third-order valence-corrected chi connectivity index (χ3v) is 3.73. The van der Waals surface area contributed by atoms with Gasteiger partial charge in [-0.05, 0) is 38.1 Å². The molecule has 3 nitrogen and oxygen atoms in total. The smallest absolute Gasteiger partial charge is 0.0399 e. The molecule has 0 bridgehead atoms. The minimum absolute atomic E-state index is 0.761. The Balaban J connectivity index is 1.83. The van der Waals surface area contributed by atoms with Gasteiger partial charge in [0.1, 0.15) is 0 Å². The maximum Gasteiger partial charge on any atom is 0.0399 e. The topological polar surface area (TPSA) is 18.5 Å². The van der Waals surface area contributed by atoms with Crippen LogP contribution in [0.25, 0.3) is 0 Å². The lowest BCUT2D eigenvalue weighted by Crippen LogP contribution is -2.40. The van der Waals surface area contributed by atoms with Crippen LogP contribution in [0.15, 0.2) is 24.3 Å². The van der Waals surface area contributed by atoms with E-state index in [1.165, 1.54) is 24.2 Å². The van der Waals surface area contributed by atoms with E-state index in [2.05, 4.69) is 60.4 Å². The molecule has 3 heteroatoms. The first-order chi connectivity index (χ1) is 9.16. The van der Waals surface area contributed by atoms with E-state index in [1.54, 1.807) is 0 Å². The molecule has 106 valence electrons. The van der Waals surface area contributed by atoms with Gasteiger partial charge in [-0.1, -0.05) is 25.1 Å². The van der Waals surface area contributed by atoms with Crippen molar-refractivity contribution in [1.82, 2.24) is 10.2 Å². The maximum atomic E-state index is 3.53. The van der Waals surface area contributed by atoms with Gasteiger partial charge in [0, 0.05) is 38.4 Å². The average Bonchev–Trinajstić information content (AvgIpc) is 2.37. The van der Waals surface area contributed by atoms with Gasteiger partial charge < -0.3 is 15.1 Å². The molecule has 0 aliphatic carbocycles. The van der Waals surface area contributed by atoms with E-state index in [-0.39, 0.29) is 0 Å². The molecular weight excluding hydrogens is 234 g/mol. The number of hydrogen-bond donors (Lipinski definition) is 1. The highest BCUT2D eigenvalue weighted by Crippen LogP contribution is 2.28. The number of fused-ring (bicyclic) bond motifs is 1. The number of benzene rings is 1. The molecule has 0 radical (unpaired) electrons. The molecule has 19 heavy (non-hydrogen) atoms. The highest BCUT2D eigenvalue weighted by Gasteiger charge is 2.20. The van der Waals surface area contributed by atoms with Crippen molar-refractivity contribution in [1.29, 1.82) is 0 Å². The molecule has 0 aromatic heterocycles. The highest BCUT2D eigenvalue weighted by molar-refractivity contribution is 5.55. The van der Waals surface area contributed by atoms with Gasteiger partial charge in [-0.25, -0.2) is 0 Å². The van der Waals surface area contributed by atoms with Gasteiger partial charge in [-0.3, -0.25) is 0 Å². The van der Waals surface area contributed by atoms with E-state index in [4.69, 9.17) is 0 Å². The number of nitrogens with zero attached hydrogens (tertiary/aromatic N) is 2. The quantitative estimate of drug-likeness (QED) is 0.788. The minimum Gasteiger partial charge on any atom is -0.370 e. The maximum absolute atomic E-state index is 3.53. The van der Waals surface area contributed by atoms with Gasteiger partial charge in [0.05, 0.1) is 0 Å². The van der Waals surface area contributed by atoms with Crippen LogP contribution in [0.1, 0.15) is 12.5 Å². The van der Waals surface area contributed by atoms with Crippen LogP contribution in [0.4, 0.5) is 5.69 Å². The Hall–Kier alpha value is -1.06. The van der Waals surface area contributed by atoms with Gasteiger partial charge in [-0.2, -0.15) is 0 Å². The van der Waals surface area contributed by atoms with E-state index in [9.17, 15) is 0 Å². The van der Waals surface area contributed by atoms with Crippen molar-refractivity contribution in [2.45, 2.75) is 13.3 Å². The molecule has 1 atom stereocenters. The van der Waals surface area contributed by atoms with Crippen LogP contribution in [0.2, 0.25) is 0 Å². The zero-order valence-electron chi connectivity index (χ0n) is 12.5. The molecule has 0 spiro atoms. The summed E-state index contributed by atoms with van der Waals surface area (Å²) in [6.45, 7) is 7.88. The van der Waals surface area contributed by atoms with Gasteiger partial charge in [0.15, 0.2) is 0 Å². The Morgan fingerprint density at radius 3 is 2.84 bits per heavy atom. The number of nitrogens with one attached hydrogen (secondary N) is 1. The van der Waals surface area contributed by atoms with Crippen molar-refractivity contribution in [2.24, 2.45) is 5.92 Å². The predicted molar refractivity (Wildman–Crippen MR) is 82.9 cm³/mol. The first-order valence-electron chi connectivity index (χ1n) is 7.35. The number of hydrogen-bond acceptors (Lipinski definition) is 3. The van der Waals surface area contributed by atoms with Crippen LogP contribution < -0.4 is 10.2 Å². The second-order valence-electron chi connectivity index (χ2n) is 5.94. The van der Waals surface area contributed by atoms with Gasteiger partial charge in [0.25, 0.3) is 0 Å². The minimum atomic E-state index is 0.761. The summed E-state index contributed by atoms with van der Waals surface area (Å²) in [6.07, 6.45) is 1.22. The van der Waals surface area contributed by atoms with Crippen molar-refractivity contribution in [3.63, 3.8) is 0 Å². The predicted octanol–water partition coefficient (Wildman–Crippen LogP) is 1.84. The van der Waals surface area contributed by atoms with Crippen LogP contribution in [-0.4, -0.2) is 51.7 Å². The fourth-order valence-electron chi connectivity index (χ4n) is 2.76. The summed E-state index contributed by atoms with van der Waals surface area (Å²) in [5.41, 5.74) is 2.95. The largest absolute Gasteiger partial charge is 0.370 e. The van der Waals surface area contributed by atoms with Crippen LogP contribution in [0.5, 0.6) is 0 Å². The van der Waals surface area contributed by atoms with Crippen LogP contribution in [0, 0.1) is 5.92 Å². The lowest BCUT2D eigenvalue weighted by Gasteiger charge is -2.35. The van der Waals surface area contributed by atoms with Crippen molar-refractivity contribution >= 4 is 5.69 Å². The zero-order chi connectivity index (χ0) is 13.7. The molecule has 0 saturated carbocycles. The normalized spacial score (nSPS) is 18.7. The number of likely N-dealkylation sites (N-methyl/N-ethyl adjacent to an activating group) is 1. The molecule has 1 aliphatic heterocycles. The molecule has 1 aromatic rings. The summed E-state index contributed by atoms with van der Waals surface area (Å²) < 4.78 is 0. The molecule has 0 amide bonds. The van der Waals surface area contributed by atoms with Crippen molar-refractivity contribution in [2.75, 3.05) is 51.7 Å². The second kappa shape index (κ2) is 6.92. The second-order valence-corrected chi connectivity index (χ2v) is 5.94. The molecule has 1 heterocycles. The summed E-state index contributed by atoms with van der Waals surface area (Å²) in [5.74, 6) is 0.761. The fourth-order valence-corrected chi connectivity index (χ4v) is 2.76. The molecule has 1 N–H and O–H groups in total. The van der Waals surface area contributed by atoms with Gasteiger partial charge in [-0.15, -0.1) is 0 Å². The third-order valence-electron chi connectivity index (χ3n) is 3.73. The van der Waals surface area contributed by atoms with Crippen molar-refractivity contribution < 1.29 is 0 Å². The molecule has 2 rings (SSSR count).